The van der Waals surface area contributed by atoms with Crippen LogP contribution in [0.3, 0.4) is 0 Å². The van der Waals surface area contributed by atoms with Gasteiger partial charge in [-0.2, -0.15) is 0 Å². The second-order valence-corrected chi connectivity index (χ2v) is 8.11. The van der Waals surface area contributed by atoms with Crippen molar-refractivity contribution in [3.8, 4) is 11.5 Å². The van der Waals surface area contributed by atoms with E-state index >= 15 is 0 Å². The van der Waals surface area contributed by atoms with Crippen LogP contribution >= 0.6 is 11.6 Å². The fourth-order valence-electron chi connectivity index (χ4n) is 3.49. The Morgan fingerprint density at radius 3 is 2.42 bits per heavy atom. The molecule has 1 aliphatic rings. The minimum atomic E-state index is -0.336. The summed E-state index contributed by atoms with van der Waals surface area (Å²) < 4.78 is 11.1. The lowest BCUT2D eigenvalue weighted by Crippen LogP contribution is -2.25. The maximum Gasteiger partial charge on any atom is 0.323 e. The van der Waals surface area contributed by atoms with E-state index in [1.807, 2.05) is 49.4 Å². The zero-order chi connectivity index (χ0) is 23.2. The van der Waals surface area contributed by atoms with Crippen LogP contribution in [0.4, 0.5) is 16.2 Å². The van der Waals surface area contributed by atoms with Gasteiger partial charge in [-0.3, -0.25) is 4.79 Å². The quantitative estimate of drug-likeness (QED) is 0.482. The Morgan fingerprint density at radius 2 is 1.64 bits per heavy atom. The summed E-state index contributed by atoms with van der Waals surface area (Å²) in [6.07, 6.45) is 0.160. The Bertz CT molecular complexity index is 1180. The van der Waals surface area contributed by atoms with Crippen LogP contribution in [-0.4, -0.2) is 25.2 Å². The monoisotopic (exact) mass is 465 g/mol. The van der Waals surface area contributed by atoms with Gasteiger partial charge in [0.1, 0.15) is 13.2 Å². The summed E-state index contributed by atoms with van der Waals surface area (Å²) in [4.78, 5) is 24.7. The first kappa shape index (κ1) is 22.5. The minimum Gasteiger partial charge on any atom is -0.486 e. The van der Waals surface area contributed by atoms with Gasteiger partial charge >= 0.3 is 6.03 Å². The van der Waals surface area contributed by atoms with Crippen LogP contribution in [0.1, 0.15) is 16.7 Å². The van der Waals surface area contributed by atoms with Crippen molar-refractivity contribution >= 4 is 34.9 Å². The Morgan fingerprint density at radius 1 is 0.909 bits per heavy atom. The van der Waals surface area contributed by atoms with Gasteiger partial charge in [-0.15, -0.1) is 0 Å². The molecule has 3 aromatic carbocycles. The van der Waals surface area contributed by atoms with Gasteiger partial charge in [-0.05, 0) is 60.0 Å². The normalized spacial score (nSPS) is 12.1. The third-order valence-electron chi connectivity index (χ3n) is 4.97. The maximum atomic E-state index is 12.5. The van der Waals surface area contributed by atoms with Gasteiger partial charge < -0.3 is 25.4 Å². The molecule has 170 valence electrons. The van der Waals surface area contributed by atoms with Crippen LogP contribution in [-0.2, 0) is 17.8 Å². The molecule has 0 aromatic heterocycles. The number of amides is 3. The number of nitrogens with one attached hydrogen (secondary N) is 3. The third kappa shape index (κ3) is 6.17. The van der Waals surface area contributed by atoms with Gasteiger partial charge in [-0.1, -0.05) is 35.9 Å². The standard InChI is InChI=1S/C25H24ClN3O4/c1-16-4-2-6-19(10-16)28-25(31)29-20-7-3-5-17(11-20)15-27-23(30)14-18-12-21(26)24-22(13-18)32-8-9-33-24/h2-7,10-13H,8-9,14-15H2,1H3,(H,27,30)(H2,28,29,31). The van der Waals surface area contributed by atoms with Crippen molar-refractivity contribution < 1.29 is 19.1 Å². The first-order valence-corrected chi connectivity index (χ1v) is 10.9. The van der Waals surface area contributed by atoms with Crippen LogP contribution in [0.5, 0.6) is 11.5 Å². The Balaban J connectivity index is 1.31. The molecule has 0 fully saturated rings. The number of hydrogen-bond donors (Lipinski definition) is 3. The molecule has 0 unspecified atom stereocenters. The molecule has 0 aliphatic carbocycles. The van der Waals surface area contributed by atoms with Crippen molar-refractivity contribution in [2.24, 2.45) is 0 Å². The molecule has 0 bridgehead atoms. The second kappa shape index (κ2) is 10.3. The SMILES string of the molecule is Cc1cccc(NC(=O)Nc2cccc(CNC(=O)Cc3cc(Cl)c4c(c3)OCCO4)c2)c1. The van der Waals surface area contributed by atoms with Crippen LogP contribution in [0.25, 0.3) is 0 Å². The number of aryl methyl sites for hydroxylation is 1. The molecule has 3 N–H and O–H groups in total. The zero-order valence-corrected chi connectivity index (χ0v) is 18.9. The van der Waals surface area contributed by atoms with Crippen LogP contribution in [0.15, 0.2) is 60.7 Å². The number of anilines is 2. The molecule has 3 amide bonds. The number of fused-ring (bicyclic) bond motifs is 1. The first-order valence-electron chi connectivity index (χ1n) is 10.5. The predicted molar refractivity (Wildman–Crippen MR) is 128 cm³/mol. The first-order chi connectivity index (χ1) is 16.0. The van der Waals surface area contributed by atoms with E-state index in [1.165, 1.54) is 0 Å². The molecule has 7 nitrogen and oxygen atoms in total. The Kier molecular flexibility index (Phi) is 7.00. The molecule has 1 heterocycles. The topological polar surface area (TPSA) is 88.7 Å². The maximum absolute atomic E-state index is 12.5. The number of urea groups is 1. The largest absolute Gasteiger partial charge is 0.486 e. The highest BCUT2D eigenvalue weighted by Gasteiger charge is 2.17. The summed E-state index contributed by atoms with van der Waals surface area (Å²) >= 11 is 6.25. The number of hydrogen-bond acceptors (Lipinski definition) is 4. The van der Waals surface area contributed by atoms with Crippen molar-refractivity contribution in [2.75, 3.05) is 23.8 Å². The van der Waals surface area contributed by atoms with Gasteiger partial charge in [0.15, 0.2) is 11.5 Å². The van der Waals surface area contributed by atoms with Gasteiger partial charge in [0.2, 0.25) is 5.91 Å². The summed E-state index contributed by atoms with van der Waals surface area (Å²) in [5, 5.41) is 8.93. The molecule has 1 aliphatic heterocycles. The summed E-state index contributed by atoms with van der Waals surface area (Å²) in [5.74, 6) is 0.917. The van der Waals surface area contributed by atoms with E-state index in [-0.39, 0.29) is 18.4 Å². The summed E-state index contributed by atoms with van der Waals surface area (Å²) in [6.45, 7) is 3.19. The highest BCUT2D eigenvalue weighted by atomic mass is 35.5. The minimum absolute atomic E-state index is 0.154. The average molecular weight is 466 g/mol. The number of benzene rings is 3. The predicted octanol–water partition coefficient (Wildman–Crippen LogP) is 4.92. The van der Waals surface area contributed by atoms with E-state index in [0.29, 0.717) is 42.0 Å². The third-order valence-corrected chi connectivity index (χ3v) is 5.25. The molecular weight excluding hydrogens is 442 g/mol. The van der Waals surface area contributed by atoms with Crippen molar-refractivity contribution in [3.63, 3.8) is 0 Å². The van der Waals surface area contributed by atoms with E-state index in [9.17, 15) is 9.59 Å². The molecule has 0 radical (unpaired) electrons. The van der Waals surface area contributed by atoms with E-state index in [1.54, 1.807) is 18.2 Å². The van der Waals surface area contributed by atoms with E-state index in [2.05, 4.69) is 16.0 Å². The van der Waals surface area contributed by atoms with E-state index in [0.717, 1.165) is 22.4 Å². The second-order valence-electron chi connectivity index (χ2n) is 7.70. The van der Waals surface area contributed by atoms with Crippen molar-refractivity contribution in [3.05, 3.63) is 82.4 Å². The smallest absolute Gasteiger partial charge is 0.323 e. The lowest BCUT2D eigenvalue weighted by atomic mass is 10.1. The molecule has 33 heavy (non-hydrogen) atoms. The molecule has 3 aromatic rings. The highest BCUT2D eigenvalue weighted by molar-refractivity contribution is 6.32. The molecule has 0 atom stereocenters. The number of ether oxygens (including phenoxy) is 2. The van der Waals surface area contributed by atoms with Gasteiger partial charge in [0.25, 0.3) is 0 Å². The van der Waals surface area contributed by atoms with Crippen LogP contribution in [0.2, 0.25) is 5.02 Å². The summed E-state index contributed by atoms with van der Waals surface area (Å²) in [5.41, 5.74) is 4.01. The van der Waals surface area contributed by atoms with E-state index < -0.39 is 0 Å². The number of carbonyl (C=O) groups is 2. The Labute approximate surface area is 197 Å². The van der Waals surface area contributed by atoms with Crippen molar-refractivity contribution in [1.82, 2.24) is 5.32 Å². The van der Waals surface area contributed by atoms with Crippen molar-refractivity contribution in [1.29, 1.82) is 0 Å². The van der Waals surface area contributed by atoms with Crippen LogP contribution < -0.4 is 25.4 Å². The number of carbonyl (C=O) groups excluding carboxylic acids is 2. The Hall–Kier alpha value is -3.71. The summed E-state index contributed by atoms with van der Waals surface area (Å²) in [7, 11) is 0. The lowest BCUT2D eigenvalue weighted by molar-refractivity contribution is -0.120. The molecule has 0 saturated carbocycles. The number of rotatable bonds is 6. The number of halogens is 1. The lowest BCUT2D eigenvalue weighted by Gasteiger charge is -2.20. The van der Waals surface area contributed by atoms with Gasteiger partial charge in [0.05, 0.1) is 11.4 Å². The molecule has 0 spiro atoms. The van der Waals surface area contributed by atoms with Crippen LogP contribution in [0, 0.1) is 6.92 Å². The fourth-order valence-corrected chi connectivity index (χ4v) is 3.78. The molecule has 8 heteroatoms. The van der Waals surface area contributed by atoms with Gasteiger partial charge in [-0.25, -0.2) is 4.79 Å². The fraction of sp³-hybridized carbons (Fsp3) is 0.200. The van der Waals surface area contributed by atoms with Gasteiger partial charge in [0, 0.05) is 17.9 Å². The van der Waals surface area contributed by atoms with E-state index in [4.69, 9.17) is 21.1 Å². The summed E-state index contributed by atoms with van der Waals surface area (Å²) in [6, 6.07) is 18.0. The average Bonchev–Trinajstić information content (AvgIpc) is 2.78. The zero-order valence-electron chi connectivity index (χ0n) is 18.1. The molecule has 4 rings (SSSR count). The highest BCUT2D eigenvalue weighted by Crippen LogP contribution is 2.38. The molecular formula is C25H24ClN3O4. The molecule has 0 saturated heterocycles. The van der Waals surface area contributed by atoms with Crippen molar-refractivity contribution in [2.45, 2.75) is 19.9 Å².